The standard InChI is InChI=1S/C29H33F2N7O3S2/c1-38(2)12-7-5-4-6-11-33-28(40)37-29-36-25(32)24(43-29)27-35-23(16-42-27)19-14-22(21(31)15-20(19)30)34-26(39)17-9-8-10-18(13-17)41-3/h8-10,13-16H,4-7,11-12,32H2,1-3H3,(H,34,39)(H2,33,36,37,40). The Morgan fingerprint density at radius 3 is 2.58 bits per heavy atom. The lowest BCUT2D eigenvalue weighted by molar-refractivity contribution is 0.102. The maximum atomic E-state index is 14.8. The quantitative estimate of drug-likeness (QED) is 0.128. The smallest absolute Gasteiger partial charge is 0.321 e. The van der Waals surface area contributed by atoms with Crippen molar-refractivity contribution in [2.75, 3.05) is 50.7 Å². The van der Waals surface area contributed by atoms with Crippen molar-refractivity contribution < 1.29 is 23.1 Å². The number of hydrogen-bond donors (Lipinski definition) is 4. The normalized spacial score (nSPS) is 11.0. The summed E-state index contributed by atoms with van der Waals surface area (Å²) in [7, 11) is 5.56. The summed E-state index contributed by atoms with van der Waals surface area (Å²) in [5.74, 6) is -1.74. The summed E-state index contributed by atoms with van der Waals surface area (Å²) >= 11 is 2.32. The molecular formula is C29H33F2N7O3S2. The summed E-state index contributed by atoms with van der Waals surface area (Å²) in [6, 6.07) is 7.86. The number of carbonyl (C=O) groups excluding carboxylic acids is 2. The summed E-state index contributed by atoms with van der Waals surface area (Å²) < 4.78 is 34.6. The summed E-state index contributed by atoms with van der Waals surface area (Å²) in [4.78, 5) is 36.4. The van der Waals surface area contributed by atoms with Gasteiger partial charge in [0.15, 0.2) is 5.13 Å². The number of benzene rings is 2. The number of rotatable bonds is 13. The van der Waals surface area contributed by atoms with Crippen molar-refractivity contribution >= 4 is 51.2 Å². The third kappa shape index (κ3) is 8.69. The van der Waals surface area contributed by atoms with E-state index in [1.165, 1.54) is 30.6 Å². The maximum Gasteiger partial charge on any atom is 0.321 e. The predicted octanol–water partition coefficient (Wildman–Crippen LogP) is 6.30. The average molecular weight is 630 g/mol. The molecule has 0 fully saturated rings. The summed E-state index contributed by atoms with van der Waals surface area (Å²) in [6.45, 7) is 1.59. The zero-order valence-corrected chi connectivity index (χ0v) is 25.6. The van der Waals surface area contributed by atoms with Crippen LogP contribution in [-0.2, 0) is 0 Å². The molecule has 0 radical (unpaired) electrons. The number of nitrogen functional groups attached to an aromatic ring is 1. The van der Waals surface area contributed by atoms with E-state index in [0.717, 1.165) is 43.6 Å². The molecule has 4 rings (SSSR count). The Morgan fingerprint density at radius 1 is 1.02 bits per heavy atom. The van der Waals surface area contributed by atoms with Crippen molar-refractivity contribution in [3.63, 3.8) is 0 Å². The van der Waals surface area contributed by atoms with Crippen LogP contribution in [0.4, 0.5) is 30.2 Å². The van der Waals surface area contributed by atoms with Gasteiger partial charge in [-0.2, -0.15) is 0 Å². The highest BCUT2D eigenvalue weighted by atomic mass is 32.1. The molecule has 2 aromatic heterocycles. The van der Waals surface area contributed by atoms with E-state index in [2.05, 4.69) is 30.8 Å². The predicted molar refractivity (Wildman–Crippen MR) is 168 cm³/mol. The number of ether oxygens (including phenoxy) is 1. The highest BCUT2D eigenvalue weighted by Crippen LogP contribution is 2.39. The van der Waals surface area contributed by atoms with E-state index in [1.54, 1.807) is 23.6 Å². The summed E-state index contributed by atoms with van der Waals surface area (Å²) in [6.07, 6.45) is 4.12. The number of thiazole rings is 2. The van der Waals surface area contributed by atoms with Gasteiger partial charge in [-0.3, -0.25) is 10.1 Å². The highest BCUT2D eigenvalue weighted by Gasteiger charge is 2.20. The molecule has 0 spiro atoms. The second-order valence-corrected chi connectivity index (χ2v) is 11.7. The molecule has 0 bridgehead atoms. The highest BCUT2D eigenvalue weighted by molar-refractivity contribution is 7.23. The van der Waals surface area contributed by atoms with Crippen LogP contribution in [0.3, 0.4) is 0 Å². The fourth-order valence-electron chi connectivity index (χ4n) is 4.09. The van der Waals surface area contributed by atoms with E-state index in [1.807, 2.05) is 14.1 Å². The minimum atomic E-state index is -0.932. The van der Waals surface area contributed by atoms with Crippen LogP contribution in [0.15, 0.2) is 41.8 Å². The third-order valence-electron chi connectivity index (χ3n) is 6.30. The Kier molecular flexibility index (Phi) is 11.0. The number of methoxy groups -OCH3 is 1. The SMILES string of the molecule is COc1cccc(C(=O)Nc2cc(-c3csc(-c4sc(NC(=O)NCCCCCCN(C)C)nc4N)n3)c(F)cc2F)c1. The Balaban J connectivity index is 1.40. The molecule has 0 saturated carbocycles. The van der Waals surface area contributed by atoms with Gasteiger partial charge in [-0.25, -0.2) is 23.5 Å². The number of nitrogens with zero attached hydrogens (tertiary/aromatic N) is 3. The first kappa shape index (κ1) is 31.8. The summed E-state index contributed by atoms with van der Waals surface area (Å²) in [5, 5.41) is 10.3. The van der Waals surface area contributed by atoms with Crippen molar-refractivity contribution in [2.45, 2.75) is 25.7 Å². The monoisotopic (exact) mass is 629 g/mol. The van der Waals surface area contributed by atoms with Crippen molar-refractivity contribution in [1.82, 2.24) is 20.2 Å². The molecular weight excluding hydrogens is 596 g/mol. The van der Waals surface area contributed by atoms with Crippen LogP contribution in [0.1, 0.15) is 36.0 Å². The van der Waals surface area contributed by atoms with Crippen molar-refractivity contribution in [2.24, 2.45) is 0 Å². The van der Waals surface area contributed by atoms with Gasteiger partial charge in [0.05, 0.1) is 18.5 Å². The van der Waals surface area contributed by atoms with Crippen molar-refractivity contribution in [3.05, 3.63) is 59.0 Å². The van der Waals surface area contributed by atoms with E-state index in [9.17, 15) is 18.4 Å². The van der Waals surface area contributed by atoms with Crippen molar-refractivity contribution in [1.29, 1.82) is 0 Å². The Bertz CT molecular complexity index is 1580. The number of nitrogens with one attached hydrogen (secondary N) is 3. The Labute approximate surface area is 256 Å². The fraction of sp³-hybridized carbons (Fsp3) is 0.310. The number of unbranched alkanes of at least 4 members (excludes halogenated alkanes) is 3. The van der Waals surface area contributed by atoms with Crippen LogP contribution in [0.25, 0.3) is 21.1 Å². The molecule has 5 N–H and O–H groups in total. The van der Waals surface area contributed by atoms with E-state index in [-0.39, 0.29) is 34.4 Å². The number of anilines is 3. The molecule has 2 aromatic carbocycles. The molecule has 43 heavy (non-hydrogen) atoms. The molecule has 2 heterocycles. The van der Waals surface area contributed by atoms with Gasteiger partial charge in [-0.15, -0.1) is 11.3 Å². The molecule has 0 aliphatic carbocycles. The largest absolute Gasteiger partial charge is 0.497 e. The van der Waals surface area contributed by atoms with E-state index in [4.69, 9.17) is 10.5 Å². The zero-order chi connectivity index (χ0) is 30.9. The lowest BCUT2D eigenvalue weighted by Gasteiger charge is -2.10. The topological polar surface area (TPSA) is 134 Å². The van der Waals surface area contributed by atoms with E-state index >= 15 is 0 Å². The van der Waals surface area contributed by atoms with Gasteiger partial charge in [0.25, 0.3) is 5.91 Å². The molecule has 0 saturated heterocycles. The Morgan fingerprint density at radius 2 is 1.81 bits per heavy atom. The number of nitrogens with two attached hydrogens (primary N) is 1. The minimum absolute atomic E-state index is 0.00707. The number of urea groups is 1. The second kappa shape index (κ2) is 14.8. The van der Waals surface area contributed by atoms with Crippen LogP contribution in [-0.4, -0.2) is 61.1 Å². The minimum Gasteiger partial charge on any atom is -0.497 e. The lowest BCUT2D eigenvalue weighted by Crippen LogP contribution is -2.29. The fourth-order valence-corrected chi connectivity index (χ4v) is 5.89. The average Bonchev–Trinajstić information content (AvgIpc) is 3.60. The van der Waals surface area contributed by atoms with Crippen LogP contribution >= 0.6 is 22.7 Å². The molecule has 0 unspecified atom stereocenters. The molecule has 0 aliphatic heterocycles. The second-order valence-electron chi connectivity index (χ2n) is 9.87. The third-order valence-corrected chi connectivity index (χ3v) is 8.29. The lowest BCUT2D eigenvalue weighted by atomic mass is 10.1. The number of carbonyl (C=O) groups is 2. The molecule has 0 aliphatic rings. The van der Waals surface area contributed by atoms with Gasteiger partial charge in [-0.1, -0.05) is 30.2 Å². The van der Waals surface area contributed by atoms with E-state index < -0.39 is 17.5 Å². The first-order chi connectivity index (χ1) is 20.6. The maximum absolute atomic E-state index is 14.8. The van der Waals surface area contributed by atoms with Crippen LogP contribution in [0.5, 0.6) is 5.75 Å². The number of amides is 3. The van der Waals surface area contributed by atoms with E-state index in [0.29, 0.717) is 33.4 Å². The number of aromatic nitrogens is 2. The first-order valence-corrected chi connectivity index (χ1v) is 15.2. The molecule has 10 nitrogen and oxygen atoms in total. The number of halogens is 2. The van der Waals surface area contributed by atoms with Gasteiger partial charge < -0.3 is 26.0 Å². The van der Waals surface area contributed by atoms with Crippen LogP contribution in [0.2, 0.25) is 0 Å². The molecule has 0 atom stereocenters. The van der Waals surface area contributed by atoms with Crippen LogP contribution < -0.4 is 26.4 Å². The molecule has 3 amide bonds. The summed E-state index contributed by atoms with van der Waals surface area (Å²) in [5.41, 5.74) is 6.36. The van der Waals surface area contributed by atoms with Gasteiger partial charge in [0, 0.05) is 29.1 Å². The molecule has 228 valence electrons. The Hall–Kier alpha value is -4.14. The van der Waals surface area contributed by atoms with Gasteiger partial charge in [0.1, 0.15) is 33.1 Å². The van der Waals surface area contributed by atoms with Gasteiger partial charge >= 0.3 is 6.03 Å². The van der Waals surface area contributed by atoms with Gasteiger partial charge in [0.2, 0.25) is 0 Å². The molecule has 4 aromatic rings. The van der Waals surface area contributed by atoms with Crippen LogP contribution in [0, 0.1) is 11.6 Å². The zero-order valence-electron chi connectivity index (χ0n) is 24.0. The van der Waals surface area contributed by atoms with Gasteiger partial charge in [-0.05, 0) is 57.7 Å². The van der Waals surface area contributed by atoms with Crippen molar-refractivity contribution in [3.8, 4) is 26.9 Å². The number of hydrogen-bond acceptors (Lipinski definition) is 9. The first-order valence-electron chi connectivity index (χ1n) is 13.5. The molecule has 14 heteroatoms.